The molecule has 2 aromatic heterocycles. The molecular formula is C46H36N4O. The van der Waals surface area contributed by atoms with Crippen LogP contribution >= 0.6 is 0 Å². The van der Waals surface area contributed by atoms with Crippen molar-refractivity contribution in [3.8, 4) is 56.9 Å². The third-order valence-corrected chi connectivity index (χ3v) is 12.4. The van der Waals surface area contributed by atoms with E-state index in [0.717, 1.165) is 45.5 Å². The first-order valence-corrected chi connectivity index (χ1v) is 18.4. The molecule has 4 saturated carbocycles. The first-order valence-electron chi connectivity index (χ1n) is 18.4. The summed E-state index contributed by atoms with van der Waals surface area (Å²) >= 11 is 0. The van der Waals surface area contributed by atoms with Crippen molar-refractivity contribution in [1.29, 1.82) is 0 Å². The van der Waals surface area contributed by atoms with Gasteiger partial charge in [-0.3, -0.25) is 4.98 Å². The van der Waals surface area contributed by atoms with E-state index in [1.54, 1.807) is 6.20 Å². The normalized spacial score (nSPS) is 23.9. The van der Waals surface area contributed by atoms with E-state index in [1.807, 2.05) is 48.5 Å². The lowest BCUT2D eigenvalue weighted by Gasteiger charge is -2.63. The van der Waals surface area contributed by atoms with Crippen LogP contribution in [0.25, 0.3) is 56.2 Å². The minimum absolute atomic E-state index is 0.00391. The molecule has 4 aliphatic carbocycles. The Balaban J connectivity index is 1.08. The van der Waals surface area contributed by atoms with Crippen LogP contribution in [-0.4, -0.2) is 19.9 Å². The SMILES string of the molecule is c1ccc(-c2nc(-c3ccccn3)nc(-c3ccc(-c4ccc5c(c4)C4(c6ccccc6O5)C5CC6CC(C5)CC4C6)c4ccccc34)n2)cc1. The topological polar surface area (TPSA) is 60.8 Å². The average Bonchev–Trinajstić information content (AvgIpc) is 3.19. The van der Waals surface area contributed by atoms with Gasteiger partial charge in [0.05, 0.1) is 0 Å². The molecule has 0 saturated heterocycles. The number of nitrogens with zero attached hydrogens (tertiary/aromatic N) is 4. The monoisotopic (exact) mass is 660 g/mol. The quantitative estimate of drug-likeness (QED) is 0.188. The van der Waals surface area contributed by atoms with Crippen molar-refractivity contribution < 1.29 is 4.74 Å². The smallest absolute Gasteiger partial charge is 0.182 e. The Morgan fingerprint density at radius 1 is 0.490 bits per heavy atom. The zero-order chi connectivity index (χ0) is 33.5. The van der Waals surface area contributed by atoms with Crippen LogP contribution < -0.4 is 4.74 Å². The van der Waals surface area contributed by atoms with Gasteiger partial charge in [0.2, 0.25) is 0 Å². The van der Waals surface area contributed by atoms with Crippen LogP contribution in [0.1, 0.15) is 43.2 Å². The Labute approximate surface area is 297 Å². The highest BCUT2D eigenvalue weighted by molar-refractivity contribution is 6.04. The van der Waals surface area contributed by atoms with Crippen molar-refractivity contribution in [2.75, 3.05) is 0 Å². The average molecular weight is 661 g/mol. The van der Waals surface area contributed by atoms with E-state index in [0.29, 0.717) is 29.3 Å². The van der Waals surface area contributed by atoms with Crippen molar-refractivity contribution in [1.82, 2.24) is 19.9 Å². The van der Waals surface area contributed by atoms with Gasteiger partial charge < -0.3 is 4.74 Å². The lowest BCUT2D eigenvalue weighted by Crippen LogP contribution is -2.56. The molecule has 51 heavy (non-hydrogen) atoms. The number of rotatable bonds is 4. The minimum atomic E-state index is 0.00391. The highest BCUT2D eigenvalue weighted by atomic mass is 16.5. The summed E-state index contributed by atoms with van der Waals surface area (Å²) in [5.74, 6) is 6.98. The van der Waals surface area contributed by atoms with E-state index >= 15 is 0 Å². The number of para-hydroxylation sites is 1. The lowest BCUT2D eigenvalue weighted by atomic mass is 9.41. The Kier molecular flexibility index (Phi) is 6.37. The van der Waals surface area contributed by atoms with Crippen LogP contribution in [0.4, 0.5) is 0 Å². The molecule has 1 spiro atoms. The highest BCUT2D eigenvalue weighted by Gasteiger charge is 2.61. The van der Waals surface area contributed by atoms with E-state index in [1.165, 1.54) is 59.7 Å². The van der Waals surface area contributed by atoms with Gasteiger partial charge in [-0.05, 0) is 114 Å². The fraction of sp³-hybridized carbons (Fsp3) is 0.217. The van der Waals surface area contributed by atoms with Gasteiger partial charge in [-0.2, -0.15) is 0 Å². The molecule has 4 bridgehead atoms. The molecule has 0 unspecified atom stereocenters. The second-order valence-corrected chi connectivity index (χ2v) is 15.1. The number of hydrogen-bond acceptors (Lipinski definition) is 5. The number of aromatic nitrogens is 4. The summed E-state index contributed by atoms with van der Waals surface area (Å²) in [6.07, 6.45) is 8.55. The summed E-state index contributed by atoms with van der Waals surface area (Å²) in [5.41, 5.74) is 7.87. The summed E-state index contributed by atoms with van der Waals surface area (Å²) in [7, 11) is 0. The van der Waals surface area contributed by atoms with Gasteiger partial charge in [-0.25, -0.2) is 15.0 Å². The van der Waals surface area contributed by atoms with E-state index in [9.17, 15) is 0 Å². The summed E-state index contributed by atoms with van der Waals surface area (Å²) in [6.45, 7) is 0. The van der Waals surface area contributed by atoms with Crippen LogP contribution in [-0.2, 0) is 5.41 Å². The first-order chi connectivity index (χ1) is 25.2. The van der Waals surface area contributed by atoms with Crippen molar-refractivity contribution in [3.05, 3.63) is 145 Å². The van der Waals surface area contributed by atoms with Crippen LogP contribution in [0.3, 0.4) is 0 Å². The molecule has 0 N–H and O–H groups in total. The fourth-order valence-electron chi connectivity index (χ4n) is 10.6. The second-order valence-electron chi connectivity index (χ2n) is 15.1. The molecule has 3 heterocycles. The molecule has 5 aliphatic rings. The second kappa shape index (κ2) is 11.2. The number of pyridine rings is 1. The molecule has 5 heteroatoms. The van der Waals surface area contributed by atoms with Crippen molar-refractivity contribution in [2.24, 2.45) is 23.7 Å². The molecule has 246 valence electrons. The van der Waals surface area contributed by atoms with Crippen molar-refractivity contribution in [3.63, 3.8) is 0 Å². The Morgan fingerprint density at radius 2 is 1.14 bits per heavy atom. The molecule has 0 amide bonds. The molecule has 1 aliphatic heterocycles. The predicted molar refractivity (Wildman–Crippen MR) is 201 cm³/mol. The molecule has 0 radical (unpaired) electrons. The zero-order valence-corrected chi connectivity index (χ0v) is 28.2. The third kappa shape index (κ3) is 4.40. The third-order valence-electron chi connectivity index (χ3n) is 12.4. The standard InChI is InChI=1S/C46H36N4O/c1-2-10-30(11-3-1)43-48-44(50-45(49-43)40-15-8-9-21-47-40)37-19-18-34(35-12-4-5-13-36(35)37)31-17-20-42-39(27-31)46(38-14-6-7-16-41(38)51-42)32-23-28-22-29(25-32)26-33(46)24-28/h1-21,27-29,32-33H,22-26H2. The number of benzene rings is 5. The molecule has 4 fully saturated rings. The summed E-state index contributed by atoms with van der Waals surface area (Å²) in [6, 6.07) is 44.9. The van der Waals surface area contributed by atoms with Crippen LogP contribution in [0.5, 0.6) is 11.5 Å². The number of hydrogen-bond donors (Lipinski definition) is 0. The maximum Gasteiger partial charge on any atom is 0.182 e. The van der Waals surface area contributed by atoms with Crippen molar-refractivity contribution in [2.45, 2.75) is 37.5 Å². The summed E-state index contributed by atoms with van der Waals surface area (Å²) in [4.78, 5) is 19.6. The maximum atomic E-state index is 6.73. The molecule has 5 nitrogen and oxygen atoms in total. The zero-order valence-electron chi connectivity index (χ0n) is 28.2. The molecule has 5 aromatic carbocycles. The van der Waals surface area contributed by atoms with Crippen LogP contribution in [0.2, 0.25) is 0 Å². The largest absolute Gasteiger partial charge is 0.457 e. The molecular weight excluding hydrogens is 625 g/mol. The molecule has 12 rings (SSSR count). The summed E-state index contributed by atoms with van der Waals surface area (Å²) in [5, 5.41) is 2.28. The van der Waals surface area contributed by atoms with E-state index in [-0.39, 0.29) is 5.41 Å². The Hall–Kier alpha value is -5.68. The van der Waals surface area contributed by atoms with Crippen LogP contribution in [0, 0.1) is 23.7 Å². The van der Waals surface area contributed by atoms with Crippen molar-refractivity contribution >= 4 is 10.8 Å². The van der Waals surface area contributed by atoms with Gasteiger partial charge in [0.15, 0.2) is 17.5 Å². The predicted octanol–water partition coefficient (Wildman–Crippen LogP) is 10.9. The van der Waals surface area contributed by atoms with Gasteiger partial charge in [0.25, 0.3) is 0 Å². The highest BCUT2D eigenvalue weighted by Crippen LogP contribution is 2.69. The fourth-order valence-corrected chi connectivity index (χ4v) is 10.6. The molecule has 0 atom stereocenters. The number of fused-ring (bicyclic) bond motifs is 3. The van der Waals surface area contributed by atoms with Crippen LogP contribution in [0.15, 0.2) is 134 Å². The summed E-state index contributed by atoms with van der Waals surface area (Å²) < 4.78 is 6.73. The number of ether oxygens (including phenoxy) is 1. The van der Waals surface area contributed by atoms with Gasteiger partial charge in [-0.1, -0.05) is 91.0 Å². The van der Waals surface area contributed by atoms with Gasteiger partial charge in [0.1, 0.15) is 17.2 Å². The Bertz CT molecular complexity index is 2390. The van der Waals surface area contributed by atoms with Gasteiger partial charge in [-0.15, -0.1) is 0 Å². The first kappa shape index (κ1) is 29.1. The molecule has 7 aromatic rings. The van der Waals surface area contributed by atoms with Gasteiger partial charge >= 0.3 is 0 Å². The minimum Gasteiger partial charge on any atom is -0.457 e. The van der Waals surface area contributed by atoms with E-state index < -0.39 is 0 Å². The van der Waals surface area contributed by atoms with E-state index in [2.05, 4.69) is 83.8 Å². The maximum absolute atomic E-state index is 6.73. The Morgan fingerprint density at radius 3 is 1.92 bits per heavy atom. The van der Waals surface area contributed by atoms with Gasteiger partial charge in [0, 0.05) is 33.9 Å². The van der Waals surface area contributed by atoms with E-state index in [4.69, 9.17) is 19.7 Å². The lowest BCUT2D eigenvalue weighted by molar-refractivity contribution is -0.0452.